The summed E-state index contributed by atoms with van der Waals surface area (Å²) in [7, 11) is 0. The molecule has 1 amide bonds. The van der Waals surface area contributed by atoms with Crippen LogP contribution in [0.4, 0.5) is 0 Å². The first-order valence-electron chi connectivity index (χ1n) is 11.1. The summed E-state index contributed by atoms with van der Waals surface area (Å²) in [5, 5.41) is 2.97. The first-order valence-corrected chi connectivity index (χ1v) is 11.1. The lowest BCUT2D eigenvalue weighted by Gasteiger charge is -2.21. The molecule has 0 fully saturated rings. The first kappa shape index (κ1) is 25.1. The number of nitrogens with one attached hydrogen (secondary N) is 1. The van der Waals surface area contributed by atoms with Crippen LogP contribution in [0.2, 0.25) is 0 Å². The third-order valence-electron chi connectivity index (χ3n) is 4.82. The molecule has 26 heavy (non-hydrogen) atoms. The van der Waals surface area contributed by atoms with Crippen molar-refractivity contribution in [2.24, 2.45) is 0 Å². The van der Waals surface area contributed by atoms with Crippen molar-refractivity contribution < 1.29 is 9.59 Å². The Morgan fingerprint density at radius 2 is 1.23 bits per heavy atom. The summed E-state index contributed by atoms with van der Waals surface area (Å²) in [6, 6.07) is 0. The van der Waals surface area contributed by atoms with Crippen LogP contribution in [0.1, 0.15) is 104 Å². The minimum Gasteiger partial charge on any atom is -0.356 e. The molecular weight excluding hydrogens is 324 g/mol. The summed E-state index contributed by atoms with van der Waals surface area (Å²) >= 11 is 0. The molecule has 0 saturated carbocycles. The Bertz CT molecular complexity index is 337. The lowest BCUT2D eigenvalue weighted by molar-refractivity contribution is -0.125. The third-order valence-corrected chi connectivity index (χ3v) is 4.82. The first-order chi connectivity index (χ1) is 12.6. The average molecular weight is 369 g/mol. The molecular formula is C22H44N2O2. The van der Waals surface area contributed by atoms with Crippen molar-refractivity contribution >= 4 is 11.7 Å². The number of hydrogen-bond donors (Lipinski definition) is 1. The summed E-state index contributed by atoms with van der Waals surface area (Å²) in [6.07, 6.45) is 13.1. The molecule has 0 saturated heterocycles. The van der Waals surface area contributed by atoms with Crippen LogP contribution in [-0.4, -0.2) is 42.8 Å². The molecule has 4 nitrogen and oxygen atoms in total. The van der Waals surface area contributed by atoms with E-state index in [1.54, 1.807) is 0 Å². The van der Waals surface area contributed by atoms with Gasteiger partial charge in [0.25, 0.3) is 0 Å². The normalized spacial score (nSPS) is 11.1. The summed E-state index contributed by atoms with van der Waals surface area (Å²) in [5.74, 6) is 0.264. The van der Waals surface area contributed by atoms with Crippen LogP contribution >= 0.6 is 0 Å². The van der Waals surface area contributed by atoms with E-state index in [-0.39, 0.29) is 11.7 Å². The molecule has 0 atom stereocenters. The number of carbonyl (C=O) groups excluding carboxylic acids is 2. The maximum Gasteiger partial charge on any atom is 0.220 e. The fourth-order valence-corrected chi connectivity index (χ4v) is 3.02. The van der Waals surface area contributed by atoms with Gasteiger partial charge in [0.1, 0.15) is 5.78 Å². The fourth-order valence-electron chi connectivity index (χ4n) is 3.02. The van der Waals surface area contributed by atoms with Crippen LogP contribution in [0, 0.1) is 0 Å². The molecule has 0 bridgehead atoms. The largest absolute Gasteiger partial charge is 0.356 e. The highest BCUT2D eigenvalue weighted by Gasteiger charge is 2.08. The van der Waals surface area contributed by atoms with Gasteiger partial charge in [-0.25, -0.2) is 0 Å². The highest BCUT2D eigenvalue weighted by atomic mass is 16.2. The lowest BCUT2D eigenvalue weighted by atomic mass is 10.1. The van der Waals surface area contributed by atoms with Crippen molar-refractivity contribution in [2.45, 2.75) is 104 Å². The Kier molecular flexibility index (Phi) is 18.2. The monoisotopic (exact) mass is 368 g/mol. The summed E-state index contributed by atoms with van der Waals surface area (Å²) in [5.41, 5.74) is 0. The molecule has 0 aromatic rings. The van der Waals surface area contributed by atoms with Crippen LogP contribution in [-0.2, 0) is 9.59 Å². The quantitative estimate of drug-likeness (QED) is 0.323. The Labute approximate surface area is 162 Å². The fraction of sp³-hybridized carbons (Fsp3) is 0.909. The average Bonchev–Trinajstić information content (AvgIpc) is 2.64. The molecule has 0 unspecified atom stereocenters. The maximum atomic E-state index is 11.9. The van der Waals surface area contributed by atoms with E-state index in [9.17, 15) is 9.59 Å². The van der Waals surface area contributed by atoms with Gasteiger partial charge in [-0.3, -0.25) is 9.59 Å². The van der Waals surface area contributed by atoms with Gasteiger partial charge in [-0.05, 0) is 45.3 Å². The molecule has 0 spiro atoms. The van der Waals surface area contributed by atoms with Crippen LogP contribution in [0.15, 0.2) is 0 Å². The van der Waals surface area contributed by atoms with Gasteiger partial charge in [-0.2, -0.15) is 0 Å². The number of nitrogens with zero attached hydrogens (tertiary/aromatic N) is 1. The zero-order valence-electron chi connectivity index (χ0n) is 17.8. The molecule has 154 valence electrons. The van der Waals surface area contributed by atoms with Crippen LogP contribution < -0.4 is 5.32 Å². The van der Waals surface area contributed by atoms with Crippen molar-refractivity contribution in [1.29, 1.82) is 0 Å². The van der Waals surface area contributed by atoms with Gasteiger partial charge >= 0.3 is 0 Å². The molecule has 1 N–H and O–H groups in total. The Balaban J connectivity index is 3.68. The topological polar surface area (TPSA) is 49.4 Å². The zero-order valence-corrected chi connectivity index (χ0v) is 17.8. The van der Waals surface area contributed by atoms with Crippen LogP contribution in [0.3, 0.4) is 0 Å². The van der Waals surface area contributed by atoms with Gasteiger partial charge < -0.3 is 10.2 Å². The van der Waals surface area contributed by atoms with E-state index in [1.807, 2.05) is 0 Å². The molecule has 4 heteroatoms. The second kappa shape index (κ2) is 18.9. The van der Waals surface area contributed by atoms with Gasteiger partial charge in [0.2, 0.25) is 5.91 Å². The molecule has 0 rings (SSSR count). The van der Waals surface area contributed by atoms with Crippen LogP contribution in [0.25, 0.3) is 0 Å². The van der Waals surface area contributed by atoms with Crippen molar-refractivity contribution in [2.75, 3.05) is 26.2 Å². The lowest BCUT2D eigenvalue weighted by Crippen LogP contribution is -2.31. The van der Waals surface area contributed by atoms with Crippen molar-refractivity contribution in [1.82, 2.24) is 10.2 Å². The van der Waals surface area contributed by atoms with Gasteiger partial charge in [-0.15, -0.1) is 0 Å². The second-order valence-electron chi connectivity index (χ2n) is 7.46. The highest BCUT2D eigenvalue weighted by Crippen LogP contribution is 2.07. The van der Waals surface area contributed by atoms with Crippen molar-refractivity contribution in [3.05, 3.63) is 0 Å². The standard InChI is InChI=1S/C22H44N2O2/c1-4-7-10-11-12-14-21(25)15-16-22(26)23-17-13-20-24(18-8-5-2)19-9-6-3/h4-20H2,1-3H3,(H,23,26). The summed E-state index contributed by atoms with van der Waals surface area (Å²) < 4.78 is 0. The van der Waals surface area contributed by atoms with E-state index >= 15 is 0 Å². The number of rotatable bonds is 19. The minimum atomic E-state index is 0.0259. The predicted molar refractivity (Wildman–Crippen MR) is 111 cm³/mol. The zero-order chi connectivity index (χ0) is 19.5. The Morgan fingerprint density at radius 3 is 1.85 bits per heavy atom. The minimum absolute atomic E-state index is 0.0259. The molecule has 0 aliphatic rings. The van der Waals surface area contributed by atoms with Gasteiger partial charge in [0, 0.05) is 25.8 Å². The van der Waals surface area contributed by atoms with E-state index in [2.05, 4.69) is 31.0 Å². The molecule has 0 aliphatic heterocycles. The molecule has 0 aromatic carbocycles. The van der Waals surface area contributed by atoms with Gasteiger partial charge in [0.15, 0.2) is 0 Å². The number of unbranched alkanes of at least 4 members (excludes halogenated alkanes) is 6. The number of carbonyl (C=O) groups is 2. The smallest absolute Gasteiger partial charge is 0.220 e. The Morgan fingerprint density at radius 1 is 0.654 bits per heavy atom. The van der Waals surface area contributed by atoms with E-state index in [4.69, 9.17) is 0 Å². The second-order valence-corrected chi connectivity index (χ2v) is 7.46. The van der Waals surface area contributed by atoms with Crippen molar-refractivity contribution in [3.8, 4) is 0 Å². The number of ketones is 1. The molecule has 0 aliphatic carbocycles. The van der Waals surface area contributed by atoms with Crippen LogP contribution in [0.5, 0.6) is 0 Å². The molecule has 0 radical (unpaired) electrons. The van der Waals surface area contributed by atoms with Gasteiger partial charge in [0.05, 0.1) is 0 Å². The van der Waals surface area contributed by atoms with Gasteiger partial charge in [-0.1, -0.05) is 59.3 Å². The highest BCUT2D eigenvalue weighted by molar-refractivity contribution is 5.84. The maximum absolute atomic E-state index is 11.9. The number of hydrogen-bond acceptors (Lipinski definition) is 3. The Hall–Kier alpha value is -0.900. The number of Topliss-reactive ketones (excluding diaryl/α,β-unsaturated/α-hetero) is 1. The molecule has 0 heterocycles. The SMILES string of the molecule is CCCCCCCC(=O)CCC(=O)NCCCN(CCCC)CCCC. The van der Waals surface area contributed by atoms with E-state index in [0.29, 0.717) is 19.3 Å². The number of amides is 1. The van der Waals surface area contributed by atoms with Crippen molar-refractivity contribution in [3.63, 3.8) is 0 Å². The van der Waals surface area contributed by atoms with E-state index in [0.717, 1.165) is 45.4 Å². The third kappa shape index (κ3) is 16.6. The van der Waals surface area contributed by atoms with E-state index < -0.39 is 0 Å². The van der Waals surface area contributed by atoms with E-state index in [1.165, 1.54) is 44.9 Å². The summed E-state index contributed by atoms with van der Waals surface area (Å²) in [4.78, 5) is 26.2. The summed E-state index contributed by atoms with van der Waals surface area (Å²) in [6.45, 7) is 10.7. The predicted octanol–water partition coefficient (Wildman–Crippen LogP) is 5.10. The molecule has 0 aromatic heterocycles.